The Morgan fingerprint density at radius 1 is 1.07 bits per heavy atom. The third-order valence-corrected chi connectivity index (χ3v) is 3.89. The molecule has 0 aliphatic heterocycles. The molecule has 0 fully saturated rings. The van der Waals surface area contributed by atoms with Crippen LogP contribution in [0.15, 0.2) is 42.6 Å². The fourth-order valence-electron chi connectivity index (χ4n) is 2.56. The van der Waals surface area contributed by atoms with Gasteiger partial charge in [0.2, 0.25) is 0 Å². The monoisotopic (exact) mass is 410 g/mol. The molecule has 0 saturated heterocycles. The third-order valence-electron chi connectivity index (χ3n) is 3.89. The second-order valence-corrected chi connectivity index (χ2v) is 7.20. The molecule has 7 nitrogen and oxygen atoms in total. The van der Waals surface area contributed by atoms with E-state index < -0.39 is 29.6 Å². The van der Waals surface area contributed by atoms with Crippen molar-refractivity contribution in [3.05, 3.63) is 48.3 Å². The first-order chi connectivity index (χ1) is 13.5. The normalized spacial score (nSPS) is 12.8. The standard InChI is InChI=1S/C20H24F2N2O5/c1-19(2,3)29-18(26)24-12-6-7-15(24)16(20(21,22)17(25)28-5)23-13-8-10-14(27-4)11-9-13/h6-12,16,23H,1-5H3. The molecule has 0 radical (unpaired) electrons. The summed E-state index contributed by atoms with van der Waals surface area (Å²) in [6.07, 6.45) is 0.444. The fraction of sp³-hybridized carbons (Fsp3) is 0.400. The van der Waals surface area contributed by atoms with Gasteiger partial charge in [0.15, 0.2) is 0 Å². The van der Waals surface area contributed by atoms with Gasteiger partial charge in [-0.1, -0.05) is 0 Å². The number of nitrogens with one attached hydrogen (secondary N) is 1. The van der Waals surface area contributed by atoms with E-state index >= 15 is 0 Å². The van der Waals surface area contributed by atoms with Crippen molar-refractivity contribution >= 4 is 17.7 Å². The lowest BCUT2D eigenvalue weighted by Crippen LogP contribution is -2.42. The van der Waals surface area contributed by atoms with Gasteiger partial charge in [-0.15, -0.1) is 0 Å². The summed E-state index contributed by atoms with van der Waals surface area (Å²) in [7, 11) is 2.35. The van der Waals surface area contributed by atoms with Gasteiger partial charge >= 0.3 is 18.0 Å². The Hall–Kier alpha value is -3.10. The van der Waals surface area contributed by atoms with Crippen molar-refractivity contribution in [2.24, 2.45) is 0 Å². The van der Waals surface area contributed by atoms with E-state index in [1.807, 2.05) is 0 Å². The molecule has 1 atom stereocenters. The summed E-state index contributed by atoms with van der Waals surface area (Å²) in [5.74, 6) is -5.18. The predicted octanol–water partition coefficient (Wildman–Crippen LogP) is 4.24. The van der Waals surface area contributed by atoms with Gasteiger partial charge in [-0.05, 0) is 57.2 Å². The minimum Gasteiger partial charge on any atom is -0.497 e. The minimum atomic E-state index is -3.98. The Bertz CT molecular complexity index is 857. The molecule has 158 valence electrons. The van der Waals surface area contributed by atoms with Crippen LogP contribution in [-0.4, -0.2) is 42.4 Å². The fourth-order valence-corrected chi connectivity index (χ4v) is 2.56. The molecule has 1 unspecified atom stereocenters. The number of anilines is 1. The van der Waals surface area contributed by atoms with Crippen LogP contribution < -0.4 is 10.1 Å². The number of hydrogen-bond acceptors (Lipinski definition) is 6. The van der Waals surface area contributed by atoms with Crippen LogP contribution in [0.3, 0.4) is 0 Å². The summed E-state index contributed by atoms with van der Waals surface area (Å²) < 4.78 is 45.4. The Labute approximate surface area is 167 Å². The number of hydrogen-bond donors (Lipinski definition) is 1. The number of esters is 1. The van der Waals surface area contributed by atoms with E-state index in [9.17, 15) is 18.4 Å². The molecular formula is C20H24F2N2O5. The van der Waals surface area contributed by atoms with Gasteiger partial charge in [-0.25, -0.2) is 9.59 Å². The average molecular weight is 410 g/mol. The highest BCUT2D eigenvalue weighted by molar-refractivity contribution is 5.80. The van der Waals surface area contributed by atoms with Crippen LogP contribution in [0.5, 0.6) is 5.75 Å². The molecule has 1 aromatic heterocycles. The molecule has 29 heavy (non-hydrogen) atoms. The summed E-state index contributed by atoms with van der Waals surface area (Å²) in [6, 6.07) is 6.99. The number of carbonyl (C=O) groups is 2. The van der Waals surface area contributed by atoms with E-state index in [1.54, 1.807) is 32.9 Å². The molecule has 0 spiro atoms. The summed E-state index contributed by atoms with van der Waals surface area (Å²) in [6.45, 7) is 4.97. The lowest BCUT2D eigenvalue weighted by molar-refractivity contribution is -0.171. The smallest absolute Gasteiger partial charge is 0.418 e. The first kappa shape index (κ1) is 22.2. The summed E-state index contributed by atoms with van der Waals surface area (Å²) in [4.78, 5) is 24.3. The van der Waals surface area contributed by atoms with Crippen LogP contribution in [0.1, 0.15) is 32.5 Å². The molecule has 0 aliphatic rings. The summed E-state index contributed by atoms with van der Waals surface area (Å²) in [5, 5.41) is 2.61. The lowest BCUT2D eigenvalue weighted by Gasteiger charge is -2.28. The second-order valence-electron chi connectivity index (χ2n) is 7.20. The summed E-state index contributed by atoms with van der Waals surface area (Å²) >= 11 is 0. The van der Waals surface area contributed by atoms with E-state index in [0.29, 0.717) is 5.75 Å². The minimum absolute atomic E-state index is 0.162. The van der Waals surface area contributed by atoms with Crippen LogP contribution in [-0.2, 0) is 14.3 Å². The van der Waals surface area contributed by atoms with Crippen molar-refractivity contribution in [1.82, 2.24) is 4.57 Å². The molecule has 2 rings (SSSR count). The Balaban J connectivity index is 2.47. The highest BCUT2D eigenvalue weighted by Gasteiger charge is 2.51. The van der Waals surface area contributed by atoms with E-state index in [1.165, 1.54) is 37.6 Å². The highest BCUT2D eigenvalue weighted by atomic mass is 19.3. The Kier molecular flexibility index (Phi) is 6.51. The van der Waals surface area contributed by atoms with Gasteiger partial charge in [0.25, 0.3) is 0 Å². The zero-order valence-electron chi connectivity index (χ0n) is 16.9. The van der Waals surface area contributed by atoms with Crippen LogP contribution in [0, 0.1) is 0 Å². The molecule has 0 aliphatic carbocycles. The van der Waals surface area contributed by atoms with Crippen LogP contribution in [0.4, 0.5) is 19.3 Å². The number of ether oxygens (including phenoxy) is 3. The molecule has 0 amide bonds. The van der Waals surface area contributed by atoms with Crippen molar-refractivity contribution in [2.75, 3.05) is 19.5 Å². The maximum Gasteiger partial charge on any atom is 0.418 e. The van der Waals surface area contributed by atoms with Gasteiger partial charge in [0.05, 0.1) is 19.9 Å². The third kappa shape index (κ3) is 5.24. The summed E-state index contributed by atoms with van der Waals surface area (Å²) in [5.41, 5.74) is -0.704. The number of aromatic nitrogens is 1. The quantitative estimate of drug-likeness (QED) is 0.718. The van der Waals surface area contributed by atoms with E-state index in [0.717, 1.165) is 11.7 Å². The van der Waals surface area contributed by atoms with Crippen molar-refractivity contribution in [2.45, 2.75) is 38.3 Å². The van der Waals surface area contributed by atoms with E-state index in [-0.39, 0.29) is 11.4 Å². The Morgan fingerprint density at radius 3 is 2.21 bits per heavy atom. The van der Waals surface area contributed by atoms with Crippen molar-refractivity contribution in [3.63, 3.8) is 0 Å². The van der Waals surface area contributed by atoms with Gasteiger partial charge < -0.3 is 19.5 Å². The molecule has 9 heteroatoms. The zero-order chi connectivity index (χ0) is 21.8. The number of carbonyl (C=O) groups excluding carboxylic acids is 2. The Morgan fingerprint density at radius 2 is 1.69 bits per heavy atom. The van der Waals surface area contributed by atoms with Gasteiger partial charge in [-0.3, -0.25) is 4.57 Å². The maximum atomic E-state index is 14.9. The molecule has 0 saturated carbocycles. The lowest BCUT2D eigenvalue weighted by atomic mass is 10.1. The van der Waals surface area contributed by atoms with E-state index in [2.05, 4.69) is 10.1 Å². The number of rotatable bonds is 6. The molecule has 1 N–H and O–H groups in total. The van der Waals surface area contributed by atoms with Gasteiger partial charge in [0.1, 0.15) is 17.4 Å². The average Bonchev–Trinajstić information content (AvgIpc) is 3.13. The van der Waals surface area contributed by atoms with Crippen molar-refractivity contribution < 1.29 is 32.6 Å². The second kappa shape index (κ2) is 8.50. The number of alkyl halides is 2. The zero-order valence-corrected chi connectivity index (χ0v) is 16.9. The molecule has 0 bridgehead atoms. The SMILES string of the molecule is COC(=O)C(F)(F)C(Nc1ccc(OC)cc1)c1cccn1C(=O)OC(C)(C)C. The number of nitrogens with zero attached hydrogens (tertiary/aromatic N) is 1. The predicted molar refractivity (Wildman–Crippen MR) is 102 cm³/mol. The van der Waals surface area contributed by atoms with Crippen LogP contribution in [0.25, 0.3) is 0 Å². The molecular weight excluding hydrogens is 386 g/mol. The van der Waals surface area contributed by atoms with Crippen LogP contribution >= 0.6 is 0 Å². The molecule has 1 aromatic carbocycles. The first-order valence-electron chi connectivity index (χ1n) is 8.77. The topological polar surface area (TPSA) is 78.8 Å². The van der Waals surface area contributed by atoms with Crippen molar-refractivity contribution in [3.8, 4) is 5.75 Å². The number of methoxy groups -OCH3 is 2. The molecule has 2 aromatic rings. The molecule has 1 heterocycles. The first-order valence-corrected chi connectivity index (χ1v) is 8.77. The maximum absolute atomic E-state index is 14.9. The number of benzene rings is 1. The van der Waals surface area contributed by atoms with E-state index in [4.69, 9.17) is 9.47 Å². The number of halogens is 2. The highest BCUT2D eigenvalue weighted by Crippen LogP contribution is 2.36. The van der Waals surface area contributed by atoms with Crippen LogP contribution in [0.2, 0.25) is 0 Å². The largest absolute Gasteiger partial charge is 0.497 e. The van der Waals surface area contributed by atoms with Gasteiger partial charge in [0, 0.05) is 11.9 Å². The van der Waals surface area contributed by atoms with Crippen molar-refractivity contribution in [1.29, 1.82) is 0 Å². The van der Waals surface area contributed by atoms with Gasteiger partial charge in [-0.2, -0.15) is 8.78 Å².